The van der Waals surface area contributed by atoms with Crippen LogP contribution in [0.3, 0.4) is 0 Å². The van der Waals surface area contributed by atoms with E-state index < -0.39 is 0 Å². The van der Waals surface area contributed by atoms with E-state index in [1.54, 1.807) is 13.4 Å². The van der Waals surface area contributed by atoms with Crippen molar-refractivity contribution in [2.75, 3.05) is 31.8 Å². The van der Waals surface area contributed by atoms with E-state index in [-0.39, 0.29) is 0 Å². The molecule has 0 unspecified atom stereocenters. The number of fused-ring (bicyclic) bond motifs is 1. The Labute approximate surface area is 175 Å². The zero-order valence-electron chi connectivity index (χ0n) is 17.4. The molecular formula is C22H26N6O2. The minimum atomic E-state index is 0.398. The molecular weight excluding hydrogens is 380 g/mol. The van der Waals surface area contributed by atoms with Crippen molar-refractivity contribution in [3.8, 4) is 17.1 Å². The van der Waals surface area contributed by atoms with Crippen LogP contribution in [-0.2, 0) is 17.7 Å². The van der Waals surface area contributed by atoms with Gasteiger partial charge in [-0.3, -0.25) is 4.68 Å². The lowest BCUT2D eigenvalue weighted by atomic mass is 10.0. The van der Waals surface area contributed by atoms with Gasteiger partial charge in [-0.05, 0) is 25.8 Å². The molecule has 5 heterocycles. The van der Waals surface area contributed by atoms with E-state index >= 15 is 0 Å². The van der Waals surface area contributed by atoms with Gasteiger partial charge in [-0.1, -0.05) is 0 Å². The van der Waals surface area contributed by atoms with Crippen LogP contribution >= 0.6 is 0 Å². The summed E-state index contributed by atoms with van der Waals surface area (Å²) in [6.45, 7) is 5.27. The molecule has 0 bridgehead atoms. The van der Waals surface area contributed by atoms with Gasteiger partial charge < -0.3 is 14.4 Å². The monoisotopic (exact) mass is 406 g/mol. The molecule has 2 aliphatic rings. The number of nitrogens with zero attached hydrogens (tertiary/aromatic N) is 6. The molecule has 5 rings (SSSR count). The maximum absolute atomic E-state index is 5.48. The van der Waals surface area contributed by atoms with Gasteiger partial charge in [0.25, 0.3) is 0 Å². The summed E-state index contributed by atoms with van der Waals surface area (Å²) < 4.78 is 12.9. The van der Waals surface area contributed by atoms with Crippen LogP contribution in [0.25, 0.3) is 11.3 Å². The minimum absolute atomic E-state index is 0.398. The average molecular weight is 406 g/mol. The molecule has 2 aliphatic heterocycles. The summed E-state index contributed by atoms with van der Waals surface area (Å²) in [7, 11) is 1.65. The number of aryl methyl sites for hydroxylation is 1. The van der Waals surface area contributed by atoms with E-state index in [4.69, 9.17) is 9.47 Å². The molecule has 0 aromatic carbocycles. The summed E-state index contributed by atoms with van der Waals surface area (Å²) in [5, 5.41) is 4.64. The first kappa shape index (κ1) is 19.0. The van der Waals surface area contributed by atoms with E-state index in [1.807, 2.05) is 19.3 Å². The summed E-state index contributed by atoms with van der Waals surface area (Å²) in [4.78, 5) is 16.0. The van der Waals surface area contributed by atoms with E-state index in [2.05, 4.69) is 41.9 Å². The van der Waals surface area contributed by atoms with Gasteiger partial charge >= 0.3 is 0 Å². The Hall–Kier alpha value is -3.00. The number of ether oxygens (including phenoxy) is 2. The minimum Gasteiger partial charge on any atom is -0.481 e. The second-order valence-electron chi connectivity index (χ2n) is 7.89. The third-order valence-corrected chi connectivity index (χ3v) is 6.02. The van der Waals surface area contributed by atoms with Crippen LogP contribution < -0.4 is 9.64 Å². The lowest BCUT2D eigenvalue weighted by molar-refractivity contribution is 0.0662. The van der Waals surface area contributed by atoms with Gasteiger partial charge in [-0.2, -0.15) is 5.10 Å². The van der Waals surface area contributed by atoms with E-state index in [9.17, 15) is 0 Å². The molecule has 8 nitrogen and oxygen atoms in total. The number of aromatic nitrogens is 5. The smallest absolute Gasteiger partial charge is 0.216 e. The molecule has 0 amide bonds. The van der Waals surface area contributed by atoms with Crippen LogP contribution in [0, 0.1) is 6.92 Å². The Morgan fingerprint density at radius 1 is 1.13 bits per heavy atom. The molecule has 0 atom stereocenters. The highest BCUT2D eigenvalue weighted by atomic mass is 16.5. The Morgan fingerprint density at radius 2 is 2.00 bits per heavy atom. The first-order chi connectivity index (χ1) is 14.7. The molecule has 0 aliphatic carbocycles. The second kappa shape index (κ2) is 8.02. The van der Waals surface area contributed by atoms with E-state index in [0.717, 1.165) is 73.8 Å². The standard InChI is InChI=1S/C22H26N6O2/c1-15-9-18(11-23-22(15)29-2)27-6-3-20-19(13-27)21(25-14-24-20)16-10-26-28(12-16)17-4-7-30-8-5-17/h9-12,14,17H,3-8,13H2,1-2H3. The van der Waals surface area contributed by atoms with Gasteiger partial charge in [-0.25, -0.2) is 15.0 Å². The zero-order chi connectivity index (χ0) is 20.5. The van der Waals surface area contributed by atoms with Crippen molar-refractivity contribution in [3.05, 3.63) is 47.8 Å². The SMILES string of the molecule is COc1ncc(N2CCc3ncnc(-c4cnn(C5CCOCC5)c4)c3C2)cc1C. The molecule has 3 aromatic heterocycles. The van der Waals surface area contributed by atoms with Crippen LogP contribution in [0.15, 0.2) is 31.0 Å². The normalized spacial score (nSPS) is 17.1. The molecule has 3 aromatic rings. The lowest BCUT2D eigenvalue weighted by Crippen LogP contribution is -2.31. The summed E-state index contributed by atoms with van der Waals surface area (Å²) in [6.07, 6.45) is 10.5. The maximum Gasteiger partial charge on any atom is 0.216 e. The number of rotatable bonds is 4. The number of pyridine rings is 1. The Bertz CT molecular complexity index is 1040. The van der Waals surface area contributed by atoms with Gasteiger partial charge in [0.2, 0.25) is 5.88 Å². The van der Waals surface area contributed by atoms with Crippen LogP contribution in [0.1, 0.15) is 35.7 Å². The molecule has 30 heavy (non-hydrogen) atoms. The van der Waals surface area contributed by atoms with Crippen molar-refractivity contribution in [2.24, 2.45) is 0 Å². The number of anilines is 1. The number of hydrogen-bond acceptors (Lipinski definition) is 7. The van der Waals surface area contributed by atoms with Gasteiger partial charge in [0.15, 0.2) is 0 Å². The first-order valence-corrected chi connectivity index (χ1v) is 10.4. The van der Waals surface area contributed by atoms with E-state index in [0.29, 0.717) is 11.9 Å². The van der Waals surface area contributed by atoms with Gasteiger partial charge in [-0.15, -0.1) is 0 Å². The fourth-order valence-electron chi connectivity index (χ4n) is 4.35. The largest absolute Gasteiger partial charge is 0.481 e. The fraction of sp³-hybridized carbons (Fsp3) is 0.455. The topological polar surface area (TPSA) is 78.2 Å². The summed E-state index contributed by atoms with van der Waals surface area (Å²) in [5.41, 5.74) is 6.43. The van der Waals surface area contributed by atoms with Crippen molar-refractivity contribution < 1.29 is 9.47 Å². The number of hydrogen-bond donors (Lipinski definition) is 0. The summed E-state index contributed by atoms with van der Waals surface area (Å²) in [5.74, 6) is 0.667. The van der Waals surface area contributed by atoms with Crippen molar-refractivity contribution in [1.29, 1.82) is 0 Å². The highest BCUT2D eigenvalue weighted by Gasteiger charge is 2.24. The molecule has 156 valence electrons. The molecule has 0 N–H and O–H groups in total. The van der Waals surface area contributed by atoms with Gasteiger partial charge in [0.1, 0.15) is 6.33 Å². The highest BCUT2D eigenvalue weighted by Crippen LogP contribution is 2.31. The predicted octanol–water partition coefficient (Wildman–Crippen LogP) is 2.97. The molecule has 1 saturated heterocycles. The molecule has 1 fully saturated rings. The Morgan fingerprint density at radius 3 is 2.80 bits per heavy atom. The third-order valence-electron chi connectivity index (χ3n) is 6.02. The fourth-order valence-corrected chi connectivity index (χ4v) is 4.35. The number of methoxy groups -OCH3 is 1. The van der Waals surface area contributed by atoms with Gasteiger partial charge in [0.05, 0.1) is 42.6 Å². The molecule has 0 saturated carbocycles. The van der Waals surface area contributed by atoms with Crippen LogP contribution in [-0.4, -0.2) is 51.6 Å². The molecule has 0 spiro atoms. The second-order valence-corrected chi connectivity index (χ2v) is 7.89. The predicted molar refractivity (Wildman–Crippen MR) is 113 cm³/mol. The zero-order valence-corrected chi connectivity index (χ0v) is 17.4. The highest BCUT2D eigenvalue weighted by molar-refractivity contribution is 5.64. The lowest BCUT2D eigenvalue weighted by Gasteiger charge is -2.31. The van der Waals surface area contributed by atoms with Crippen molar-refractivity contribution >= 4 is 5.69 Å². The van der Waals surface area contributed by atoms with Gasteiger partial charge in [0, 0.05) is 55.6 Å². The Balaban J connectivity index is 1.44. The van der Waals surface area contributed by atoms with Crippen LogP contribution in [0.5, 0.6) is 5.88 Å². The van der Waals surface area contributed by atoms with E-state index in [1.165, 1.54) is 5.56 Å². The molecule has 8 heteroatoms. The van der Waals surface area contributed by atoms with Crippen molar-refractivity contribution in [1.82, 2.24) is 24.7 Å². The average Bonchev–Trinajstić information content (AvgIpc) is 3.29. The van der Waals surface area contributed by atoms with Crippen molar-refractivity contribution in [2.45, 2.75) is 38.8 Å². The molecule has 0 radical (unpaired) electrons. The quantitative estimate of drug-likeness (QED) is 0.659. The maximum atomic E-state index is 5.48. The third kappa shape index (κ3) is 3.52. The Kier molecular flexibility index (Phi) is 5.08. The van der Waals surface area contributed by atoms with Crippen LogP contribution in [0.4, 0.5) is 5.69 Å². The summed E-state index contributed by atoms with van der Waals surface area (Å²) in [6, 6.07) is 2.53. The summed E-state index contributed by atoms with van der Waals surface area (Å²) >= 11 is 0. The van der Waals surface area contributed by atoms with Crippen LogP contribution in [0.2, 0.25) is 0 Å². The first-order valence-electron chi connectivity index (χ1n) is 10.4. The van der Waals surface area contributed by atoms with Crippen molar-refractivity contribution in [3.63, 3.8) is 0 Å².